The molecule has 116 valence electrons. The van der Waals surface area contributed by atoms with Crippen LogP contribution in [0.3, 0.4) is 0 Å². The van der Waals surface area contributed by atoms with Crippen molar-refractivity contribution in [1.29, 1.82) is 0 Å². The van der Waals surface area contributed by atoms with E-state index in [-0.39, 0.29) is 6.61 Å². The van der Waals surface area contributed by atoms with Crippen molar-refractivity contribution in [1.82, 2.24) is 9.97 Å². The normalized spacial score (nSPS) is 25.7. The van der Waals surface area contributed by atoms with Crippen LogP contribution in [0.5, 0.6) is 0 Å². The molecule has 2 unspecified atom stereocenters. The molecule has 3 N–H and O–H groups in total. The standard InChI is InChI=1S/C16H26N4O/c1-10-14(17-2)19-16(11-7-8-11)20-15(10)18-13-6-4-3-5-12(13)9-21/h11-13,21H,3-9H2,1-2H3,(H2,17,18,19,20). The molecular weight excluding hydrogens is 264 g/mol. The predicted molar refractivity (Wildman–Crippen MR) is 84.7 cm³/mol. The Balaban J connectivity index is 1.84. The minimum absolute atomic E-state index is 0.260. The highest BCUT2D eigenvalue weighted by atomic mass is 16.3. The second kappa shape index (κ2) is 6.18. The average molecular weight is 290 g/mol. The molecule has 1 heterocycles. The molecule has 2 atom stereocenters. The molecule has 1 aromatic heterocycles. The topological polar surface area (TPSA) is 70.1 Å². The van der Waals surface area contributed by atoms with E-state index in [4.69, 9.17) is 4.98 Å². The Morgan fingerprint density at radius 2 is 1.81 bits per heavy atom. The molecule has 2 saturated carbocycles. The molecule has 3 rings (SSSR count). The van der Waals surface area contributed by atoms with Crippen LogP contribution in [-0.4, -0.2) is 34.8 Å². The summed E-state index contributed by atoms with van der Waals surface area (Å²) in [6.45, 7) is 2.32. The van der Waals surface area contributed by atoms with Gasteiger partial charge < -0.3 is 15.7 Å². The molecule has 5 nitrogen and oxygen atoms in total. The lowest BCUT2D eigenvalue weighted by Gasteiger charge is -2.32. The van der Waals surface area contributed by atoms with Gasteiger partial charge >= 0.3 is 0 Å². The molecule has 0 aromatic carbocycles. The number of nitrogens with one attached hydrogen (secondary N) is 2. The quantitative estimate of drug-likeness (QED) is 0.778. The van der Waals surface area contributed by atoms with Crippen molar-refractivity contribution in [3.63, 3.8) is 0 Å². The molecule has 21 heavy (non-hydrogen) atoms. The zero-order valence-corrected chi connectivity index (χ0v) is 13.0. The number of hydrogen-bond donors (Lipinski definition) is 3. The van der Waals surface area contributed by atoms with Gasteiger partial charge in [0.1, 0.15) is 17.5 Å². The third-order valence-corrected chi connectivity index (χ3v) is 4.81. The SMILES string of the molecule is CNc1nc(C2CC2)nc(NC2CCCCC2CO)c1C. The summed E-state index contributed by atoms with van der Waals surface area (Å²) in [6, 6.07) is 0.328. The molecule has 2 aliphatic carbocycles. The summed E-state index contributed by atoms with van der Waals surface area (Å²) in [5.41, 5.74) is 1.07. The molecule has 1 aromatic rings. The fourth-order valence-corrected chi connectivity index (χ4v) is 3.23. The Bertz CT molecular complexity index is 501. The Labute approximate surface area is 126 Å². The first-order chi connectivity index (χ1) is 10.2. The third-order valence-electron chi connectivity index (χ3n) is 4.81. The second-order valence-electron chi connectivity index (χ2n) is 6.41. The minimum Gasteiger partial charge on any atom is -0.396 e. The highest BCUT2D eigenvalue weighted by Crippen LogP contribution is 2.40. The van der Waals surface area contributed by atoms with Crippen molar-refractivity contribution in [2.45, 2.75) is 57.4 Å². The van der Waals surface area contributed by atoms with Crippen LogP contribution in [0, 0.1) is 12.8 Å². The molecule has 2 aliphatic rings. The lowest BCUT2D eigenvalue weighted by molar-refractivity contribution is 0.178. The Morgan fingerprint density at radius 1 is 1.10 bits per heavy atom. The highest BCUT2D eigenvalue weighted by molar-refractivity contribution is 5.57. The molecule has 5 heteroatoms. The van der Waals surface area contributed by atoms with Gasteiger partial charge in [-0.2, -0.15) is 0 Å². The third kappa shape index (κ3) is 3.12. The van der Waals surface area contributed by atoms with E-state index < -0.39 is 0 Å². The fraction of sp³-hybridized carbons (Fsp3) is 0.750. The van der Waals surface area contributed by atoms with Crippen LogP contribution in [-0.2, 0) is 0 Å². The van der Waals surface area contributed by atoms with Gasteiger partial charge in [0.2, 0.25) is 0 Å². The number of anilines is 2. The van der Waals surface area contributed by atoms with Gasteiger partial charge in [0.15, 0.2) is 0 Å². The molecule has 0 aliphatic heterocycles. The smallest absolute Gasteiger partial charge is 0.136 e. The van der Waals surface area contributed by atoms with Gasteiger partial charge in [0.05, 0.1) is 0 Å². The number of aliphatic hydroxyl groups excluding tert-OH is 1. The van der Waals surface area contributed by atoms with Crippen LogP contribution >= 0.6 is 0 Å². The number of aromatic nitrogens is 2. The zero-order chi connectivity index (χ0) is 14.8. The van der Waals surface area contributed by atoms with Gasteiger partial charge in [-0.05, 0) is 32.6 Å². The number of aliphatic hydroxyl groups is 1. The number of rotatable bonds is 5. The monoisotopic (exact) mass is 290 g/mol. The summed E-state index contributed by atoms with van der Waals surface area (Å²) >= 11 is 0. The van der Waals surface area contributed by atoms with Gasteiger partial charge in [-0.25, -0.2) is 9.97 Å². The van der Waals surface area contributed by atoms with Gasteiger partial charge in [-0.1, -0.05) is 12.8 Å². The Morgan fingerprint density at radius 3 is 2.48 bits per heavy atom. The van der Waals surface area contributed by atoms with Crippen molar-refractivity contribution in [3.05, 3.63) is 11.4 Å². The summed E-state index contributed by atoms with van der Waals surface area (Å²) in [7, 11) is 1.91. The van der Waals surface area contributed by atoms with E-state index in [1.807, 2.05) is 7.05 Å². The van der Waals surface area contributed by atoms with Crippen LogP contribution in [0.1, 0.15) is 55.8 Å². The molecule has 0 amide bonds. The van der Waals surface area contributed by atoms with Crippen molar-refractivity contribution < 1.29 is 5.11 Å². The fourth-order valence-electron chi connectivity index (χ4n) is 3.23. The lowest BCUT2D eigenvalue weighted by atomic mass is 9.85. The predicted octanol–water partition coefficient (Wildman–Crippen LogP) is 2.67. The first-order valence-electron chi connectivity index (χ1n) is 8.16. The summed E-state index contributed by atoms with van der Waals surface area (Å²) < 4.78 is 0. The van der Waals surface area contributed by atoms with Gasteiger partial charge in [-0.3, -0.25) is 0 Å². The molecule has 0 spiro atoms. The molecule has 2 fully saturated rings. The van der Waals surface area contributed by atoms with E-state index >= 15 is 0 Å². The van der Waals surface area contributed by atoms with Crippen LogP contribution < -0.4 is 10.6 Å². The highest BCUT2D eigenvalue weighted by Gasteiger charge is 2.30. The maximum atomic E-state index is 9.58. The summed E-state index contributed by atoms with van der Waals surface area (Å²) in [6.07, 6.45) is 7.07. The summed E-state index contributed by atoms with van der Waals surface area (Å²) in [5, 5.41) is 16.4. The maximum absolute atomic E-state index is 9.58. The van der Waals surface area contributed by atoms with E-state index in [9.17, 15) is 5.11 Å². The van der Waals surface area contributed by atoms with Crippen molar-refractivity contribution in [3.8, 4) is 0 Å². The van der Waals surface area contributed by atoms with E-state index in [2.05, 4.69) is 22.5 Å². The minimum atomic E-state index is 0.260. The van der Waals surface area contributed by atoms with Gasteiger partial charge in [-0.15, -0.1) is 0 Å². The summed E-state index contributed by atoms with van der Waals surface area (Å²) in [5.74, 6) is 3.71. The van der Waals surface area contributed by atoms with Gasteiger partial charge in [0.25, 0.3) is 0 Å². The largest absolute Gasteiger partial charge is 0.396 e. The number of nitrogens with zero attached hydrogens (tertiary/aromatic N) is 2. The van der Waals surface area contributed by atoms with Crippen LogP contribution in [0.25, 0.3) is 0 Å². The lowest BCUT2D eigenvalue weighted by Crippen LogP contribution is -2.35. The Hall–Kier alpha value is -1.36. The van der Waals surface area contributed by atoms with Crippen LogP contribution in [0.2, 0.25) is 0 Å². The van der Waals surface area contributed by atoms with Gasteiger partial charge in [0, 0.05) is 37.1 Å². The first-order valence-corrected chi connectivity index (χ1v) is 8.16. The maximum Gasteiger partial charge on any atom is 0.136 e. The summed E-state index contributed by atoms with van der Waals surface area (Å²) in [4.78, 5) is 9.40. The van der Waals surface area contributed by atoms with E-state index in [0.717, 1.165) is 35.9 Å². The van der Waals surface area contributed by atoms with E-state index in [1.54, 1.807) is 0 Å². The van der Waals surface area contributed by atoms with Crippen LogP contribution in [0.4, 0.5) is 11.6 Å². The average Bonchev–Trinajstić information content (AvgIpc) is 3.34. The molecular formula is C16H26N4O. The molecule has 0 bridgehead atoms. The molecule has 0 radical (unpaired) electrons. The second-order valence-corrected chi connectivity index (χ2v) is 6.41. The van der Waals surface area contributed by atoms with Crippen LogP contribution in [0.15, 0.2) is 0 Å². The Kier molecular flexibility index (Phi) is 4.29. The zero-order valence-electron chi connectivity index (χ0n) is 13.0. The van der Waals surface area contributed by atoms with E-state index in [0.29, 0.717) is 17.9 Å². The van der Waals surface area contributed by atoms with Crippen molar-refractivity contribution in [2.75, 3.05) is 24.3 Å². The first kappa shape index (κ1) is 14.6. The number of hydrogen-bond acceptors (Lipinski definition) is 5. The van der Waals surface area contributed by atoms with Crippen molar-refractivity contribution >= 4 is 11.6 Å². The van der Waals surface area contributed by atoms with E-state index in [1.165, 1.54) is 25.7 Å². The van der Waals surface area contributed by atoms with Crippen molar-refractivity contribution in [2.24, 2.45) is 5.92 Å². The molecule has 0 saturated heterocycles.